The van der Waals surface area contributed by atoms with Crippen molar-refractivity contribution in [3.63, 3.8) is 0 Å². The zero-order valence-corrected chi connectivity index (χ0v) is 11.0. The first-order chi connectivity index (χ1) is 9.65. The van der Waals surface area contributed by atoms with Crippen molar-refractivity contribution in [3.05, 3.63) is 48.0 Å². The summed E-state index contributed by atoms with van der Waals surface area (Å²) in [5, 5.41) is 11.3. The molecule has 0 radical (unpaired) electrons. The van der Waals surface area contributed by atoms with Gasteiger partial charge in [-0.15, -0.1) is 0 Å². The Morgan fingerprint density at radius 2 is 2.00 bits per heavy atom. The molecule has 0 spiro atoms. The molecule has 1 aliphatic heterocycles. The molecule has 0 amide bonds. The van der Waals surface area contributed by atoms with Gasteiger partial charge in [0.2, 0.25) is 0 Å². The summed E-state index contributed by atoms with van der Waals surface area (Å²) in [4.78, 5) is 10.9. The maximum absolute atomic E-state index is 10.9. The van der Waals surface area contributed by atoms with Crippen LogP contribution in [0.4, 0.5) is 0 Å². The molecule has 1 aliphatic rings. The van der Waals surface area contributed by atoms with E-state index in [9.17, 15) is 4.79 Å². The number of hydrogen-bond donors (Lipinski definition) is 2. The van der Waals surface area contributed by atoms with Gasteiger partial charge in [0.05, 0.1) is 12.7 Å². The molecule has 1 saturated heterocycles. The Kier molecular flexibility index (Phi) is 3.42. The first-order valence-electron chi connectivity index (χ1n) is 6.74. The largest absolute Gasteiger partial charge is 0.480 e. The van der Waals surface area contributed by atoms with Gasteiger partial charge in [-0.3, -0.25) is 4.79 Å². The van der Waals surface area contributed by atoms with Crippen LogP contribution in [0.2, 0.25) is 0 Å². The van der Waals surface area contributed by atoms with Gasteiger partial charge < -0.3 is 15.6 Å². The van der Waals surface area contributed by atoms with E-state index in [-0.39, 0.29) is 12.0 Å². The number of carbonyl (C=O) groups is 1. The SMILES string of the molecule is N[C@@H](C(=O)O)[C@@H]1CO[C@@H](c2ccc3ccccc3c2)C1. The zero-order chi connectivity index (χ0) is 14.1. The summed E-state index contributed by atoms with van der Waals surface area (Å²) in [6.45, 7) is 0.408. The van der Waals surface area contributed by atoms with Crippen LogP contribution in [0.5, 0.6) is 0 Å². The third-order valence-electron chi connectivity index (χ3n) is 3.97. The minimum Gasteiger partial charge on any atom is -0.480 e. The molecule has 3 N–H and O–H groups in total. The van der Waals surface area contributed by atoms with E-state index >= 15 is 0 Å². The number of nitrogens with two attached hydrogens (primary N) is 1. The molecule has 3 rings (SSSR count). The molecule has 1 heterocycles. The molecule has 20 heavy (non-hydrogen) atoms. The molecular weight excluding hydrogens is 254 g/mol. The second-order valence-electron chi connectivity index (χ2n) is 5.29. The lowest BCUT2D eigenvalue weighted by molar-refractivity contribution is -0.139. The maximum atomic E-state index is 10.9. The maximum Gasteiger partial charge on any atom is 0.320 e. The highest BCUT2D eigenvalue weighted by Crippen LogP contribution is 2.34. The number of carboxylic acid groups (broad SMARTS) is 1. The van der Waals surface area contributed by atoms with Crippen LogP contribution in [0.3, 0.4) is 0 Å². The van der Waals surface area contributed by atoms with E-state index in [1.54, 1.807) is 0 Å². The summed E-state index contributed by atoms with van der Waals surface area (Å²) in [5.74, 6) is -1.08. The average Bonchev–Trinajstić information content (AvgIpc) is 2.95. The van der Waals surface area contributed by atoms with Crippen molar-refractivity contribution in [2.75, 3.05) is 6.61 Å². The zero-order valence-electron chi connectivity index (χ0n) is 11.0. The minimum absolute atomic E-state index is 0.0602. The first-order valence-corrected chi connectivity index (χ1v) is 6.74. The van der Waals surface area contributed by atoms with E-state index in [1.807, 2.05) is 18.2 Å². The quantitative estimate of drug-likeness (QED) is 0.898. The highest BCUT2D eigenvalue weighted by molar-refractivity contribution is 5.83. The summed E-state index contributed by atoms with van der Waals surface area (Å²) >= 11 is 0. The van der Waals surface area contributed by atoms with Gasteiger partial charge in [0.15, 0.2) is 0 Å². The van der Waals surface area contributed by atoms with E-state index in [4.69, 9.17) is 15.6 Å². The van der Waals surface area contributed by atoms with Gasteiger partial charge in [-0.2, -0.15) is 0 Å². The number of carboxylic acids is 1. The molecular formula is C16H17NO3. The lowest BCUT2D eigenvalue weighted by Gasteiger charge is -2.13. The van der Waals surface area contributed by atoms with Gasteiger partial charge >= 0.3 is 5.97 Å². The Bertz CT molecular complexity index is 640. The van der Waals surface area contributed by atoms with Gasteiger partial charge in [-0.25, -0.2) is 0 Å². The first kappa shape index (κ1) is 13.1. The Hall–Kier alpha value is -1.91. The third kappa shape index (κ3) is 2.40. The Morgan fingerprint density at radius 1 is 1.25 bits per heavy atom. The summed E-state index contributed by atoms with van der Waals surface area (Å²) in [7, 11) is 0. The lowest BCUT2D eigenvalue weighted by Crippen LogP contribution is -2.38. The van der Waals surface area contributed by atoms with Gasteiger partial charge in [0.1, 0.15) is 6.04 Å². The number of benzene rings is 2. The van der Waals surface area contributed by atoms with Crippen molar-refractivity contribution in [1.29, 1.82) is 0 Å². The standard InChI is InChI=1S/C16H17NO3/c17-15(16(18)19)13-8-14(20-9-13)12-6-5-10-3-1-2-4-11(10)7-12/h1-7,13-15H,8-9,17H2,(H,18,19)/t13-,14+,15+/m0/s1. The van der Waals surface area contributed by atoms with Crippen LogP contribution >= 0.6 is 0 Å². The lowest BCUT2D eigenvalue weighted by atomic mass is 9.94. The predicted octanol–water partition coefficient (Wildman–Crippen LogP) is 2.33. The molecule has 3 atom stereocenters. The molecule has 0 aliphatic carbocycles. The van der Waals surface area contributed by atoms with Crippen molar-refractivity contribution in [3.8, 4) is 0 Å². The second kappa shape index (κ2) is 5.23. The number of rotatable bonds is 3. The molecule has 4 nitrogen and oxygen atoms in total. The topological polar surface area (TPSA) is 72.6 Å². The highest BCUT2D eigenvalue weighted by Gasteiger charge is 2.34. The number of ether oxygens (including phenoxy) is 1. The highest BCUT2D eigenvalue weighted by atomic mass is 16.5. The predicted molar refractivity (Wildman–Crippen MR) is 76.4 cm³/mol. The van der Waals surface area contributed by atoms with E-state index in [2.05, 4.69) is 24.3 Å². The monoisotopic (exact) mass is 271 g/mol. The summed E-state index contributed by atoms with van der Waals surface area (Å²) in [5.41, 5.74) is 6.76. The average molecular weight is 271 g/mol. The van der Waals surface area contributed by atoms with Gasteiger partial charge in [-0.1, -0.05) is 36.4 Å². The normalized spacial score (nSPS) is 23.9. The fraction of sp³-hybridized carbons (Fsp3) is 0.312. The smallest absolute Gasteiger partial charge is 0.320 e. The molecule has 4 heteroatoms. The minimum atomic E-state index is -0.960. The van der Waals surface area contributed by atoms with Crippen LogP contribution in [0, 0.1) is 5.92 Å². The second-order valence-corrected chi connectivity index (χ2v) is 5.29. The van der Waals surface area contributed by atoms with Gasteiger partial charge in [0.25, 0.3) is 0 Å². The molecule has 0 aromatic heterocycles. The fourth-order valence-corrected chi connectivity index (χ4v) is 2.74. The Morgan fingerprint density at radius 3 is 2.75 bits per heavy atom. The molecule has 0 saturated carbocycles. The van der Waals surface area contributed by atoms with Crippen LogP contribution in [0.25, 0.3) is 10.8 Å². The Balaban J connectivity index is 1.81. The van der Waals surface area contributed by atoms with E-state index in [1.165, 1.54) is 10.8 Å². The van der Waals surface area contributed by atoms with Crippen molar-refractivity contribution >= 4 is 16.7 Å². The number of fused-ring (bicyclic) bond motifs is 1. The fourth-order valence-electron chi connectivity index (χ4n) is 2.74. The van der Waals surface area contributed by atoms with Crippen LogP contribution in [-0.2, 0) is 9.53 Å². The number of aliphatic carboxylic acids is 1. The molecule has 1 fully saturated rings. The van der Waals surface area contributed by atoms with Crippen molar-refractivity contribution < 1.29 is 14.6 Å². The van der Waals surface area contributed by atoms with Gasteiger partial charge in [-0.05, 0) is 28.8 Å². The molecule has 0 unspecified atom stereocenters. The van der Waals surface area contributed by atoms with Crippen LogP contribution in [-0.4, -0.2) is 23.7 Å². The molecule has 2 aromatic rings. The summed E-state index contributed by atoms with van der Waals surface area (Å²) in [6, 6.07) is 13.5. The van der Waals surface area contributed by atoms with Gasteiger partial charge in [0, 0.05) is 5.92 Å². The van der Waals surface area contributed by atoms with Crippen LogP contribution in [0.15, 0.2) is 42.5 Å². The molecule has 2 aromatic carbocycles. The van der Waals surface area contributed by atoms with E-state index < -0.39 is 12.0 Å². The summed E-state index contributed by atoms with van der Waals surface area (Å²) < 4.78 is 5.73. The summed E-state index contributed by atoms with van der Waals surface area (Å²) in [6.07, 6.45) is 0.598. The van der Waals surface area contributed by atoms with Crippen LogP contribution < -0.4 is 5.73 Å². The van der Waals surface area contributed by atoms with E-state index in [0.29, 0.717) is 13.0 Å². The van der Waals surface area contributed by atoms with Crippen LogP contribution in [0.1, 0.15) is 18.1 Å². The van der Waals surface area contributed by atoms with Crippen molar-refractivity contribution in [2.24, 2.45) is 11.7 Å². The van der Waals surface area contributed by atoms with Crippen molar-refractivity contribution in [2.45, 2.75) is 18.6 Å². The molecule has 0 bridgehead atoms. The van der Waals surface area contributed by atoms with E-state index in [0.717, 1.165) is 5.56 Å². The third-order valence-corrected chi connectivity index (χ3v) is 3.97. The molecule has 104 valence electrons. The number of hydrogen-bond acceptors (Lipinski definition) is 3. The Labute approximate surface area is 117 Å². The van der Waals surface area contributed by atoms with Crippen molar-refractivity contribution in [1.82, 2.24) is 0 Å².